The van der Waals surface area contributed by atoms with Crippen molar-refractivity contribution in [1.29, 1.82) is 0 Å². The fourth-order valence-corrected chi connectivity index (χ4v) is 4.27. The van der Waals surface area contributed by atoms with Gasteiger partial charge in [-0.15, -0.1) is 0 Å². The zero-order chi connectivity index (χ0) is 17.4. The van der Waals surface area contributed by atoms with Crippen molar-refractivity contribution >= 4 is 11.8 Å². The molecular formula is C19H25NO4. The number of hydrogen-bond donors (Lipinski definition) is 1. The van der Waals surface area contributed by atoms with Crippen molar-refractivity contribution in [2.45, 2.75) is 51.0 Å². The first-order valence-corrected chi connectivity index (χ1v) is 8.61. The fraction of sp³-hybridized carbons (Fsp3) is 0.579. The van der Waals surface area contributed by atoms with E-state index in [1.165, 1.54) is 0 Å². The molecule has 1 aromatic rings. The van der Waals surface area contributed by atoms with Gasteiger partial charge in [0.15, 0.2) is 5.78 Å². The van der Waals surface area contributed by atoms with Crippen LogP contribution in [0.25, 0.3) is 0 Å². The molecule has 3 rings (SSSR count). The number of aliphatic hydroxyl groups excluding tert-OH is 1. The lowest BCUT2D eigenvalue weighted by Gasteiger charge is -2.44. The predicted molar refractivity (Wildman–Crippen MR) is 89.6 cm³/mol. The van der Waals surface area contributed by atoms with Crippen LogP contribution in [0.15, 0.2) is 30.3 Å². The molecule has 2 fully saturated rings. The summed E-state index contributed by atoms with van der Waals surface area (Å²) in [4.78, 5) is 27.6. The van der Waals surface area contributed by atoms with Gasteiger partial charge in [0, 0.05) is 17.6 Å². The third-order valence-corrected chi connectivity index (χ3v) is 5.35. The van der Waals surface area contributed by atoms with Crippen LogP contribution in [0.5, 0.6) is 0 Å². The summed E-state index contributed by atoms with van der Waals surface area (Å²) < 4.78 is 5.36. The number of piperidine rings is 1. The van der Waals surface area contributed by atoms with Gasteiger partial charge >= 0.3 is 5.97 Å². The number of ether oxygens (including phenoxy) is 1. The minimum atomic E-state index is -1.00. The Labute approximate surface area is 142 Å². The number of carbonyl (C=O) groups excluding carboxylic acids is 2. The van der Waals surface area contributed by atoms with Crippen LogP contribution in [-0.4, -0.2) is 53.1 Å². The topological polar surface area (TPSA) is 66.8 Å². The molecule has 5 atom stereocenters. The van der Waals surface area contributed by atoms with Gasteiger partial charge < -0.3 is 9.84 Å². The van der Waals surface area contributed by atoms with Crippen LogP contribution >= 0.6 is 0 Å². The summed E-state index contributed by atoms with van der Waals surface area (Å²) in [5.41, 5.74) is 0.580. The standard InChI is InChI=1S/C19H25NO4/c1-11(2)24-19(23)16-14-10-9-13(20(14)3)15(18(16)22)17(21)12-7-5-4-6-8-12/h4-8,11,13-16,18,22H,9-10H2,1-3H3/t13-,14+,15+,16+,18-/m0/s1. The molecule has 0 aromatic heterocycles. The van der Waals surface area contributed by atoms with E-state index < -0.39 is 23.9 Å². The highest BCUT2D eigenvalue weighted by molar-refractivity contribution is 5.99. The van der Waals surface area contributed by atoms with Gasteiger partial charge in [0.1, 0.15) is 0 Å². The van der Waals surface area contributed by atoms with Crippen LogP contribution in [0.1, 0.15) is 37.0 Å². The van der Waals surface area contributed by atoms with E-state index in [0.29, 0.717) is 5.56 Å². The van der Waals surface area contributed by atoms with E-state index in [-0.39, 0.29) is 24.0 Å². The monoisotopic (exact) mass is 331 g/mol. The molecule has 5 heteroatoms. The summed E-state index contributed by atoms with van der Waals surface area (Å²) in [5, 5.41) is 10.9. The Morgan fingerprint density at radius 3 is 2.29 bits per heavy atom. The highest BCUT2D eigenvalue weighted by Gasteiger charge is 2.56. The zero-order valence-corrected chi connectivity index (χ0v) is 14.4. The fourth-order valence-electron chi connectivity index (χ4n) is 4.27. The second kappa shape index (κ2) is 6.65. The number of carbonyl (C=O) groups is 2. The maximum atomic E-state index is 13.0. The molecule has 24 heavy (non-hydrogen) atoms. The van der Waals surface area contributed by atoms with Gasteiger partial charge in [0.2, 0.25) is 0 Å². The van der Waals surface area contributed by atoms with E-state index in [0.717, 1.165) is 12.8 Å². The highest BCUT2D eigenvalue weighted by atomic mass is 16.5. The third kappa shape index (κ3) is 2.87. The number of esters is 1. The van der Waals surface area contributed by atoms with Crippen LogP contribution in [0.2, 0.25) is 0 Å². The van der Waals surface area contributed by atoms with E-state index in [2.05, 4.69) is 4.90 Å². The molecule has 2 heterocycles. The molecule has 2 aliphatic heterocycles. The van der Waals surface area contributed by atoms with Crippen LogP contribution in [0.3, 0.4) is 0 Å². The molecule has 5 nitrogen and oxygen atoms in total. The van der Waals surface area contributed by atoms with Crippen molar-refractivity contribution in [3.63, 3.8) is 0 Å². The molecule has 2 aliphatic rings. The van der Waals surface area contributed by atoms with Crippen molar-refractivity contribution in [3.8, 4) is 0 Å². The first kappa shape index (κ1) is 17.1. The lowest BCUT2D eigenvalue weighted by Crippen LogP contribution is -2.59. The van der Waals surface area contributed by atoms with Gasteiger partial charge in [-0.2, -0.15) is 0 Å². The van der Waals surface area contributed by atoms with Crippen molar-refractivity contribution in [1.82, 2.24) is 4.90 Å². The lowest BCUT2D eigenvalue weighted by atomic mass is 9.76. The van der Waals surface area contributed by atoms with Crippen LogP contribution in [0.4, 0.5) is 0 Å². The number of aliphatic hydroxyl groups is 1. The quantitative estimate of drug-likeness (QED) is 0.674. The first-order chi connectivity index (χ1) is 11.4. The number of Topliss-reactive ketones (excluding diaryl/α,β-unsaturated/α-hetero) is 1. The van der Waals surface area contributed by atoms with E-state index >= 15 is 0 Å². The molecule has 0 spiro atoms. The molecule has 130 valence electrons. The van der Waals surface area contributed by atoms with E-state index in [9.17, 15) is 14.7 Å². The van der Waals surface area contributed by atoms with Crippen molar-refractivity contribution in [2.24, 2.45) is 11.8 Å². The number of fused-ring (bicyclic) bond motifs is 2. The molecule has 2 bridgehead atoms. The average molecular weight is 331 g/mol. The Kier molecular flexibility index (Phi) is 4.74. The minimum Gasteiger partial charge on any atom is -0.463 e. The van der Waals surface area contributed by atoms with E-state index in [1.807, 2.05) is 25.2 Å². The van der Waals surface area contributed by atoms with Gasteiger partial charge in [-0.05, 0) is 33.7 Å². The zero-order valence-electron chi connectivity index (χ0n) is 14.4. The van der Waals surface area contributed by atoms with E-state index in [4.69, 9.17) is 4.74 Å². The SMILES string of the molecule is CC(C)OC(=O)[C@H]1[C@@H](O)[C@@H](C(=O)c2ccccc2)[C@@H]2CC[C@H]1N2C. The first-order valence-electron chi connectivity index (χ1n) is 8.61. The maximum absolute atomic E-state index is 13.0. The third-order valence-electron chi connectivity index (χ3n) is 5.35. The normalized spacial score (nSPS) is 32.8. The number of nitrogens with zero attached hydrogens (tertiary/aromatic N) is 1. The van der Waals surface area contributed by atoms with Gasteiger partial charge in [-0.1, -0.05) is 30.3 Å². The maximum Gasteiger partial charge on any atom is 0.313 e. The Hall–Kier alpha value is -1.72. The van der Waals surface area contributed by atoms with Crippen LogP contribution in [-0.2, 0) is 9.53 Å². The molecule has 1 aromatic carbocycles. The Bertz CT molecular complexity index is 615. The van der Waals surface area contributed by atoms with Gasteiger partial charge in [-0.3, -0.25) is 14.5 Å². The summed E-state index contributed by atoms with van der Waals surface area (Å²) in [6.07, 6.45) is 0.372. The number of benzene rings is 1. The molecular weight excluding hydrogens is 306 g/mol. The van der Waals surface area contributed by atoms with Crippen LogP contribution in [0, 0.1) is 11.8 Å². The van der Waals surface area contributed by atoms with Crippen LogP contribution < -0.4 is 0 Å². The molecule has 2 saturated heterocycles. The lowest BCUT2D eigenvalue weighted by molar-refractivity contribution is -0.165. The van der Waals surface area contributed by atoms with Gasteiger partial charge in [-0.25, -0.2) is 0 Å². The molecule has 1 N–H and O–H groups in total. The summed E-state index contributed by atoms with van der Waals surface area (Å²) in [7, 11) is 1.94. The number of hydrogen-bond acceptors (Lipinski definition) is 5. The molecule has 0 unspecified atom stereocenters. The Morgan fingerprint density at radius 2 is 1.71 bits per heavy atom. The summed E-state index contributed by atoms with van der Waals surface area (Å²) in [6.45, 7) is 3.59. The number of rotatable bonds is 4. The molecule has 0 amide bonds. The second-order valence-electron chi connectivity index (χ2n) is 7.14. The summed E-state index contributed by atoms with van der Waals surface area (Å²) >= 11 is 0. The minimum absolute atomic E-state index is 0.0270. The summed E-state index contributed by atoms with van der Waals surface area (Å²) in [5.74, 6) is -1.77. The number of ketones is 1. The predicted octanol–water partition coefficient (Wildman–Crippen LogP) is 1.89. The van der Waals surface area contributed by atoms with Gasteiger partial charge in [0.25, 0.3) is 0 Å². The van der Waals surface area contributed by atoms with Gasteiger partial charge in [0.05, 0.1) is 24.0 Å². The second-order valence-corrected chi connectivity index (χ2v) is 7.14. The molecule has 0 radical (unpaired) electrons. The smallest absolute Gasteiger partial charge is 0.313 e. The Balaban J connectivity index is 1.91. The summed E-state index contributed by atoms with van der Waals surface area (Å²) in [6, 6.07) is 8.92. The highest BCUT2D eigenvalue weighted by Crippen LogP contribution is 2.43. The average Bonchev–Trinajstić information content (AvgIpc) is 2.81. The van der Waals surface area contributed by atoms with Crippen molar-refractivity contribution in [3.05, 3.63) is 35.9 Å². The largest absolute Gasteiger partial charge is 0.463 e. The van der Waals surface area contributed by atoms with Crippen molar-refractivity contribution < 1.29 is 19.4 Å². The van der Waals surface area contributed by atoms with E-state index in [1.54, 1.807) is 26.0 Å². The Morgan fingerprint density at radius 1 is 1.12 bits per heavy atom. The molecule has 0 saturated carbocycles. The molecule has 0 aliphatic carbocycles. The van der Waals surface area contributed by atoms with Crippen molar-refractivity contribution in [2.75, 3.05) is 7.05 Å².